The first-order valence-electron chi connectivity index (χ1n) is 13.1. The summed E-state index contributed by atoms with van der Waals surface area (Å²) in [7, 11) is 1.99. The molecule has 4 heterocycles. The second-order valence-electron chi connectivity index (χ2n) is 9.89. The van der Waals surface area contributed by atoms with Crippen LogP contribution in [0, 0.1) is 0 Å². The van der Waals surface area contributed by atoms with Gasteiger partial charge in [0.25, 0.3) is 0 Å². The van der Waals surface area contributed by atoms with E-state index in [1.807, 2.05) is 36.2 Å². The summed E-state index contributed by atoms with van der Waals surface area (Å²) in [6.07, 6.45) is 5.27. The van der Waals surface area contributed by atoms with E-state index in [-0.39, 0.29) is 24.0 Å². The van der Waals surface area contributed by atoms with Gasteiger partial charge in [-0.25, -0.2) is 15.0 Å². The molecule has 0 aliphatic carbocycles. The molecule has 0 radical (unpaired) electrons. The van der Waals surface area contributed by atoms with Crippen molar-refractivity contribution in [2.45, 2.75) is 38.3 Å². The molecule has 2 aliphatic heterocycles. The maximum absolute atomic E-state index is 12.0. The third-order valence-corrected chi connectivity index (χ3v) is 7.70. The number of halogens is 1. The zero-order valence-corrected chi connectivity index (χ0v) is 22.9. The highest BCUT2D eigenvalue weighted by molar-refractivity contribution is 6.32. The minimum absolute atomic E-state index is 0.0177. The van der Waals surface area contributed by atoms with Gasteiger partial charge in [-0.3, -0.25) is 9.59 Å². The number of hydrogen-bond acceptors (Lipinski definition) is 8. The van der Waals surface area contributed by atoms with Crippen LogP contribution in [0.5, 0.6) is 5.75 Å². The fraction of sp³-hybridized carbons (Fsp3) is 0.393. The van der Waals surface area contributed by atoms with Crippen LogP contribution in [0.15, 0.2) is 49.3 Å². The summed E-state index contributed by atoms with van der Waals surface area (Å²) in [4.78, 5) is 43.0. The van der Waals surface area contributed by atoms with Gasteiger partial charge in [0.05, 0.1) is 10.5 Å². The molecule has 5 rings (SSSR count). The Morgan fingerprint density at radius 3 is 2.62 bits per heavy atom. The number of nitrogens with zero attached hydrogens (tertiary/aromatic N) is 6. The van der Waals surface area contributed by atoms with Crippen LogP contribution in [-0.4, -0.2) is 81.9 Å². The smallest absolute Gasteiger partial charge is 0.246 e. The molecule has 1 unspecified atom stereocenters. The Kier molecular flexibility index (Phi) is 7.83. The van der Waals surface area contributed by atoms with E-state index >= 15 is 0 Å². The standard InChI is InChI=1S/C28H32ClN7O3/c1-4-26(38)36-12-9-20(16-36)34(3)25-8-6-23-27(33-25)28(31-17-30-23)32-19-5-7-24(22(29)15-19)39-21-10-13-35(14-11-21)18(2)37/h4-8,15,17,20-21H,1,9-14,16H2,2-3H3,(H,30,31,32). The predicted octanol–water partition coefficient (Wildman–Crippen LogP) is 4.03. The lowest BCUT2D eigenvalue weighted by molar-refractivity contribution is -0.130. The van der Waals surface area contributed by atoms with Gasteiger partial charge in [0.15, 0.2) is 5.82 Å². The molecule has 1 N–H and O–H groups in total. The summed E-state index contributed by atoms with van der Waals surface area (Å²) in [5, 5.41) is 3.81. The molecule has 2 aliphatic rings. The highest BCUT2D eigenvalue weighted by Crippen LogP contribution is 2.32. The van der Waals surface area contributed by atoms with Crippen molar-refractivity contribution in [3.05, 3.63) is 54.3 Å². The fourth-order valence-electron chi connectivity index (χ4n) is 5.07. The highest BCUT2D eigenvalue weighted by Gasteiger charge is 2.29. The Bertz CT molecular complexity index is 1390. The number of nitrogens with one attached hydrogen (secondary N) is 1. The normalized spacial score (nSPS) is 17.8. The van der Waals surface area contributed by atoms with Gasteiger partial charge >= 0.3 is 0 Å². The summed E-state index contributed by atoms with van der Waals surface area (Å²) in [5.74, 6) is 1.99. The van der Waals surface area contributed by atoms with Gasteiger partial charge in [-0.1, -0.05) is 18.2 Å². The number of benzene rings is 1. The molecule has 1 aromatic carbocycles. The molecular weight excluding hydrogens is 518 g/mol. The minimum Gasteiger partial charge on any atom is -0.489 e. The number of ether oxygens (including phenoxy) is 1. The average molecular weight is 550 g/mol. The van der Waals surface area contributed by atoms with Crippen LogP contribution >= 0.6 is 11.6 Å². The van der Waals surface area contributed by atoms with Crippen molar-refractivity contribution in [1.82, 2.24) is 24.8 Å². The number of hydrogen-bond donors (Lipinski definition) is 1. The van der Waals surface area contributed by atoms with Gasteiger partial charge in [0.2, 0.25) is 11.8 Å². The number of carbonyl (C=O) groups excluding carboxylic acids is 2. The molecule has 11 heteroatoms. The van der Waals surface area contributed by atoms with Crippen molar-refractivity contribution in [2.75, 3.05) is 43.4 Å². The number of aromatic nitrogens is 3. The van der Waals surface area contributed by atoms with Crippen LogP contribution in [0.3, 0.4) is 0 Å². The van der Waals surface area contributed by atoms with E-state index in [1.165, 1.54) is 12.4 Å². The number of fused-ring (bicyclic) bond motifs is 1. The van der Waals surface area contributed by atoms with Crippen molar-refractivity contribution >= 4 is 51.8 Å². The van der Waals surface area contributed by atoms with Crippen LogP contribution in [0.25, 0.3) is 11.0 Å². The maximum atomic E-state index is 12.0. The lowest BCUT2D eigenvalue weighted by Gasteiger charge is -2.31. The van der Waals surface area contributed by atoms with Crippen LogP contribution in [-0.2, 0) is 9.59 Å². The van der Waals surface area contributed by atoms with E-state index in [9.17, 15) is 9.59 Å². The Hall–Kier alpha value is -3.92. The first kappa shape index (κ1) is 26.7. The number of anilines is 3. The molecule has 10 nitrogen and oxygen atoms in total. The lowest BCUT2D eigenvalue weighted by Crippen LogP contribution is -2.40. The SMILES string of the molecule is C=CC(=O)N1CCC(N(C)c2ccc3ncnc(Nc4ccc(OC5CCN(C(C)=O)CC5)c(Cl)c4)c3n2)C1. The molecule has 39 heavy (non-hydrogen) atoms. The summed E-state index contributed by atoms with van der Waals surface area (Å²) in [5.41, 5.74) is 2.09. The monoisotopic (exact) mass is 549 g/mol. The zero-order valence-electron chi connectivity index (χ0n) is 22.1. The van der Waals surface area contributed by atoms with Crippen molar-refractivity contribution in [2.24, 2.45) is 0 Å². The summed E-state index contributed by atoms with van der Waals surface area (Å²) in [6, 6.07) is 9.54. The quantitative estimate of drug-likeness (QED) is 0.440. The molecule has 2 amide bonds. The van der Waals surface area contributed by atoms with Crippen molar-refractivity contribution in [3.8, 4) is 5.75 Å². The largest absolute Gasteiger partial charge is 0.489 e. The molecule has 204 valence electrons. The lowest BCUT2D eigenvalue weighted by atomic mass is 10.1. The van der Waals surface area contributed by atoms with Gasteiger partial charge in [-0.15, -0.1) is 0 Å². The number of carbonyl (C=O) groups is 2. The highest BCUT2D eigenvalue weighted by atomic mass is 35.5. The molecule has 2 fully saturated rings. The number of piperidine rings is 1. The number of rotatable bonds is 7. The van der Waals surface area contributed by atoms with Gasteiger partial charge in [0.1, 0.15) is 29.5 Å². The fourth-order valence-corrected chi connectivity index (χ4v) is 5.30. The average Bonchev–Trinajstić information content (AvgIpc) is 3.44. The Balaban J connectivity index is 1.29. The minimum atomic E-state index is -0.0503. The van der Waals surface area contributed by atoms with Gasteiger partial charge < -0.3 is 24.8 Å². The van der Waals surface area contributed by atoms with Crippen molar-refractivity contribution in [1.29, 1.82) is 0 Å². The van der Waals surface area contributed by atoms with Crippen LogP contribution in [0.2, 0.25) is 5.02 Å². The molecule has 1 atom stereocenters. The van der Waals surface area contributed by atoms with Gasteiger partial charge in [0, 0.05) is 64.7 Å². The predicted molar refractivity (Wildman–Crippen MR) is 152 cm³/mol. The van der Waals surface area contributed by atoms with E-state index in [0.29, 0.717) is 53.8 Å². The van der Waals surface area contributed by atoms with E-state index in [4.69, 9.17) is 21.3 Å². The van der Waals surface area contributed by atoms with Crippen LogP contribution in [0.4, 0.5) is 17.3 Å². The summed E-state index contributed by atoms with van der Waals surface area (Å²) in [6.45, 7) is 7.88. The topological polar surface area (TPSA) is 104 Å². The molecule has 0 saturated carbocycles. The van der Waals surface area contributed by atoms with E-state index in [1.54, 1.807) is 17.9 Å². The maximum Gasteiger partial charge on any atom is 0.246 e. The van der Waals surface area contributed by atoms with Gasteiger partial charge in [-0.2, -0.15) is 0 Å². The Morgan fingerprint density at radius 1 is 1.13 bits per heavy atom. The number of amides is 2. The number of likely N-dealkylation sites (N-methyl/N-ethyl adjacent to an activating group) is 1. The van der Waals surface area contributed by atoms with E-state index in [2.05, 4.69) is 26.8 Å². The molecule has 2 aromatic heterocycles. The molecule has 0 bridgehead atoms. The second-order valence-corrected chi connectivity index (χ2v) is 10.3. The molecule has 2 saturated heterocycles. The first-order chi connectivity index (χ1) is 18.8. The van der Waals surface area contributed by atoms with E-state index < -0.39 is 0 Å². The molecular formula is C28H32ClN7O3. The Morgan fingerprint density at radius 2 is 1.90 bits per heavy atom. The summed E-state index contributed by atoms with van der Waals surface area (Å²) < 4.78 is 6.14. The molecule has 0 spiro atoms. The van der Waals surface area contributed by atoms with Crippen molar-refractivity contribution < 1.29 is 14.3 Å². The van der Waals surface area contributed by atoms with Crippen LogP contribution < -0.4 is 15.0 Å². The van der Waals surface area contributed by atoms with Gasteiger partial charge in [-0.05, 0) is 42.8 Å². The van der Waals surface area contributed by atoms with Crippen molar-refractivity contribution in [3.63, 3.8) is 0 Å². The zero-order chi connectivity index (χ0) is 27.5. The van der Waals surface area contributed by atoms with Crippen LogP contribution in [0.1, 0.15) is 26.2 Å². The Labute approximate surface area is 232 Å². The first-order valence-corrected chi connectivity index (χ1v) is 13.4. The number of likely N-dealkylation sites (tertiary alicyclic amines) is 2. The number of pyridine rings is 1. The van der Waals surface area contributed by atoms with E-state index in [0.717, 1.165) is 30.8 Å². The third-order valence-electron chi connectivity index (χ3n) is 7.40. The third kappa shape index (κ3) is 5.90. The second kappa shape index (κ2) is 11.4. The molecule has 3 aromatic rings. The summed E-state index contributed by atoms with van der Waals surface area (Å²) >= 11 is 6.58.